The molecule has 110 valence electrons. The highest BCUT2D eigenvalue weighted by molar-refractivity contribution is 5.92. The highest BCUT2D eigenvalue weighted by Gasteiger charge is 2.13. The lowest BCUT2D eigenvalue weighted by Crippen LogP contribution is -2.37. The van der Waals surface area contributed by atoms with Crippen LogP contribution in [0.4, 0.5) is 10.1 Å². The van der Waals surface area contributed by atoms with Gasteiger partial charge < -0.3 is 10.1 Å². The van der Waals surface area contributed by atoms with Crippen molar-refractivity contribution >= 4 is 17.6 Å². The monoisotopic (exact) mass is 282 g/mol. The zero-order valence-corrected chi connectivity index (χ0v) is 11.9. The highest BCUT2D eigenvalue weighted by atomic mass is 19.1. The molecule has 0 saturated carbocycles. The maximum atomic E-state index is 13.4. The second-order valence-electron chi connectivity index (χ2n) is 4.39. The fourth-order valence-electron chi connectivity index (χ4n) is 1.60. The molecule has 0 spiro atoms. The zero-order valence-electron chi connectivity index (χ0n) is 11.9. The molecule has 1 amide bonds. The first-order valence-corrected chi connectivity index (χ1v) is 6.31. The number of hydrogen-bond acceptors (Lipinski definition) is 4. The molecule has 0 unspecified atom stereocenters. The number of methoxy groups -OCH3 is 1. The van der Waals surface area contributed by atoms with Crippen LogP contribution in [0.1, 0.15) is 12.5 Å². The van der Waals surface area contributed by atoms with Gasteiger partial charge in [0.1, 0.15) is 5.82 Å². The number of esters is 1. The van der Waals surface area contributed by atoms with Gasteiger partial charge in [-0.2, -0.15) is 0 Å². The van der Waals surface area contributed by atoms with Crippen molar-refractivity contribution in [2.45, 2.75) is 13.8 Å². The number of ether oxygens (including phenoxy) is 1. The summed E-state index contributed by atoms with van der Waals surface area (Å²) in [6.45, 7) is 4.10. The van der Waals surface area contributed by atoms with E-state index in [4.69, 9.17) is 0 Å². The fourth-order valence-corrected chi connectivity index (χ4v) is 1.60. The second kappa shape index (κ2) is 7.59. The molecule has 1 rings (SSSR count). The van der Waals surface area contributed by atoms with Crippen LogP contribution in [0.2, 0.25) is 0 Å². The van der Waals surface area contributed by atoms with Crippen molar-refractivity contribution in [2.75, 3.05) is 32.1 Å². The molecular weight excluding hydrogens is 263 g/mol. The Balaban J connectivity index is 2.57. The topological polar surface area (TPSA) is 58.6 Å². The molecule has 0 aromatic heterocycles. The summed E-state index contributed by atoms with van der Waals surface area (Å²) in [6.07, 6.45) is 0. The minimum atomic E-state index is -0.402. The molecule has 6 heteroatoms. The van der Waals surface area contributed by atoms with Crippen molar-refractivity contribution in [3.05, 3.63) is 29.6 Å². The Bertz CT molecular complexity index is 491. The van der Waals surface area contributed by atoms with Gasteiger partial charge >= 0.3 is 5.97 Å². The van der Waals surface area contributed by atoms with Crippen molar-refractivity contribution < 1.29 is 18.7 Å². The van der Waals surface area contributed by atoms with E-state index in [9.17, 15) is 14.0 Å². The predicted molar refractivity (Wildman–Crippen MR) is 73.9 cm³/mol. The van der Waals surface area contributed by atoms with Gasteiger partial charge in [0.15, 0.2) is 0 Å². The van der Waals surface area contributed by atoms with E-state index in [1.54, 1.807) is 24.0 Å². The summed E-state index contributed by atoms with van der Waals surface area (Å²) in [5, 5.41) is 2.59. The van der Waals surface area contributed by atoms with Crippen molar-refractivity contribution in [1.82, 2.24) is 4.90 Å². The fraction of sp³-hybridized carbons (Fsp3) is 0.429. The van der Waals surface area contributed by atoms with Gasteiger partial charge in [-0.25, -0.2) is 4.39 Å². The van der Waals surface area contributed by atoms with Crippen LogP contribution in [0.3, 0.4) is 0 Å². The van der Waals surface area contributed by atoms with Crippen LogP contribution in [0.25, 0.3) is 0 Å². The van der Waals surface area contributed by atoms with Crippen molar-refractivity contribution in [2.24, 2.45) is 0 Å². The van der Waals surface area contributed by atoms with E-state index in [1.807, 2.05) is 6.92 Å². The van der Waals surface area contributed by atoms with Gasteiger partial charge in [0.25, 0.3) is 0 Å². The number of likely N-dealkylation sites (N-methyl/N-ethyl adjacent to an activating group) is 1. The average Bonchev–Trinajstić information content (AvgIpc) is 2.41. The molecule has 0 heterocycles. The van der Waals surface area contributed by atoms with E-state index in [-0.39, 0.29) is 24.8 Å². The maximum Gasteiger partial charge on any atom is 0.319 e. The maximum absolute atomic E-state index is 13.4. The number of aryl methyl sites for hydroxylation is 1. The highest BCUT2D eigenvalue weighted by Crippen LogP contribution is 2.13. The Kier molecular flexibility index (Phi) is 6.11. The molecular formula is C14H19FN2O3. The van der Waals surface area contributed by atoms with Crippen LogP contribution in [-0.2, 0) is 14.3 Å². The first-order chi connectivity index (χ1) is 9.46. The van der Waals surface area contributed by atoms with Gasteiger partial charge in [0.05, 0.1) is 20.2 Å². The molecule has 0 radical (unpaired) electrons. The smallest absolute Gasteiger partial charge is 0.319 e. The Hall–Kier alpha value is -1.95. The number of rotatable bonds is 6. The number of anilines is 1. The van der Waals surface area contributed by atoms with Crippen LogP contribution >= 0.6 is 0 Å². The number of hydrogen-bond donors (Lipinski definition) is 1. The number of amides is 1. The standard InChI is InChI=1S/C14H19FN2O3/c1-4-17(9-14(19)20-3)8-13(18)16-11-6-5-10(2)12(15)7-11/h5-7H,4,8-9H2,1-3H3,(H,16,18). The third kappa shape index (κ3) is 4.97. The first-order valence-electron chi connectivity index (χ1n) is 6.31. The van der Waals surface area contributed by atoms with Crippen molar-refractivity contribution in [3.8, 4) is 0 Å². The normalized spacial score (nSPS) is 10.4. The number of benzene rings is 1. The summed E-state index contributed by atoms with van der Waals surface area (Å²) in [7, 11) is 1.30. The quantitative estimate of drug-likeness (QED) is 0.805. The van der Waals surface area contributed by atoms with E-state index in [1.165, 1.54) is 13.2 Å². The van der Waals surface area contributed by atoms with Gasteiger partial charge in [-0.3, -0.25) is 14.5 Å². The number of carbonyl (C=O) groups excluding carboxylic acids is 2. The number of carbonyl (C=O) groups is 2. The predicted octanol–water partition coefficient (Wildman–Crippen LogP) is 1.57. The third-order valence-corrected chi connectivity index (χ3v) is 2.85. The van der Waals surface area contributed by atoms with E-state index in [0.717, 1.165) is 0 Å². The van der Waals surface area contributed by atoms with E-state index >= 15 is 0 Å². The lowest BCUT2D eigenvalue weighted by molar-refractivity contribution is -0.142. The molecule has 0 aliphatic rings. The van der Waals surface area contributed by atoms with Gasteiger partial charge in [-0.15, -0.1) is 0 Å². The molecule has 20 heavy (non-hydrogen) atoms. The molecule has 0 saturated heterocycles. The molecule has 5 nitrogen and oxygen atoms in total. The summed E-state index contributed by atoms with van der Waals surface area (Å²) in [4.78, 5) is 24.6. The van der Waals surface area contributed by atoms with Crippen molar-refractivity contribution in [3.63, 3.8) is 0 Å². The SMILES string of the molecule is CCN(CC(=O)Nc1ccc(C)c(F)c1)CC(=O)OC. The van der Waals surface area contributed by atoms with Crippen LogP contribution < -0.4 is 5.32 Å². The van der Waals surface area contributed by atoms with Gasteiger partial charge in [0, 0.05) is 5.69 Å². The molecule has 1 aromatic rings. The summed E-state index contributed by atoms with van der Waals surface area (Å²) in [5.41, 5.74) is 0.913. The Labute approximate surface area is 117 Å². The van der Waals surface area contributed by atoms with Gasteiger partial charge in [-0.05, 0) is 31.2 Å². The van der Waals surface area contributed by atoms with Gasteiger partial charge in [-0.1, -0.05) is 13.0 Å². The Morgan fingerprint density at radius 3 is 2.60 bits per heavy atom. The average molecular weight is 282 g/mol. The molecule has 0 bridgehead atoms. The lowest BCUT2D eigenvalue weighted by Gasteiger charge is -2.18. The largest absolute Gasteiger partial charge is 0.468 e. The number of halogens is 1. The van der Waals surface area contributed by atoms with Crippen LogP contribution in [0, 0.1) is 12.7 Å². The molecule has 0 aliphatic carbocycles. The number of nitrogens with one attached hydrogen (secondary N) is 1. The third-order valence-electron chi connectivity index (χ3n) is 2.85. The molecule has 1 N–H and O–H groups in total. The van der Waals surface area contributed by atoms with Crippen LogP contribution in [-0.4, -0.2) is 43.5 Å². The first kappa shape index (κ1) is 16.1. The zero-order chi connectivity index (χ0) is 15.1. The molecule has 0 aliphatic heterocycles. The number of nitrogens with zero attached hydrogens (tertiary/aromatic N) is 1. The summed E-state index contributed by atoms with van der Waals surface area (Å²) < 4.78 is 17.9. The summed E-state index contributed by atoms with van der Waals surface area (Å²) in [6, 6.07) is 4.49. The van der Waals surface area contributed by atoms with Crippen LogP contribution in [0.5, 0.6) is 0 Å². The summed E-state index contributed by atoms with van der Waals surface area (Å²) in [5.74, 6) is -1.08. The van der Waals surface area contributed by atoms with Crippen molar-refractivity contribution in [1.29, 1.82) is 0 Å². The minimum absolute atomic E-state index is 0.0428. The van der Waals surface area contributed by atoms with Gasteiger partial charge in [0.2, 0.25) is 5.91 Å². The van der Waals surface area contributed by atoms with E-state index < -0.39 is 5.97 Å². The summed E-state index contributed by atoms with van der Waals surface area (Å²) >= 11 is 0. The molecule has 0 fully saturated rings. The lowest BCUT2D eigenvalue weighted by atomic mass is 10.2. The Morgan fingerprint density at radius 2 is 2.05 bits per heavy atom. The van der Waals surface area contributed by atoms with E-state index in [0.29, 0.717) is 17.8 Å². The second-order valence-corrected chi connectivity index (χ2v) is 4.39. The molecule has 1 aromatic carbocycles. The Morgan fingerprint density at radius 1 is 1.35 bits per heavy atom. The van der Waals surface area contributed by atoms with E-state index in [2.05, 4.69) is 10.1 Å². The molecule has 0 atom stereocenters. The minimum Gasteiger partial charge on any atom is -0.468 e. The van der Waals surface area contributed by atoms with Crippen LogP contribution in [0.15, 0.2) is 18.2 Å².